The Bertz CT molecular complexity index is 760. The van der Waals surface area contributed by atoms with Gasteiger partial charge in [-0.05, 0) is 68.1 Å². The molecule has 2 aromatic rings. The molecule has 0 aliphatic carbocycles. The first-order valence-corrected chi connectivity index (χ1v) is 6.94. The highest BCUT2D eigenvalue weighted by Gasteiger charge is 2.19. The van der Waals surface area contributed by atoms with E-state index in [9.17, 15) is 9.59 Å². The monoisotopic (exact) mass is 298 g/mol. The second kappa shape index (κ2) is 6.02. The summed E-state index contributed by atoms with van der Waals surface area (Å²) in [6.45, 7) is 7.82. The highest BCUT2D eigenvalue weighted by molar-refractivity contribution is 6.03. The maximum Gasteiger partial charge on any atom is 0.344 e. The van der Waals surface area contributed by atoms with Crippen LogP contribution in [0.2, 0.25) is 0 Å². The fourth-order valence-corrected chi connectivity index (χ4v) is 2.28. The number of carboxylic acids is 1. The lowest BCUT2D eigenvalue weighted by Crippen LogP contribution is -2.15. The zero-order valence-corrected chi connectivity index (χ0v) is 13.1. The van der Waals surface area contributed by atoms with Gasteiger partial charge < -0.3 is 9.84 Å². The maximum atomic E-state index is 12.3. The first-order valence-electron chi connectivity index (χ1n) is 6.94. The predicted molar refractivity (Wildman–Crippen MR) is 83.7 cm³/mol. The molecule has 0 atom stereocenters. The van der Waals surface area contributed by atoms with Crippen LogP contribution in [0, 0.1) is 27.7 Å². The van der Waals surface area contributed by atoms with Crippen molar-refractivity contribution >= 4 is 11.9 Å². The number of hydrogen-bond donors (Lipinski definition) is 1. The minimum Gasteiger partial charge on any atom is -0.478 e. The summed E-state index contributed by atoms with van der Waals surface area (Å²) >= 11 is 0. The van der Waals surface area contributed by atoms with Gasteiger partial charge in [0.2, 0.25) is 0 Å². The van der Waals surface area contributed by atoms with Crippen LogP contribution in [0.1, 0.15) is 43.0 Å². The molecule has 2 rings (SSSR count). The van der Waals surface area contributed by atoms with E-state index < -0.39 is 11.9 Å². The molecule has 0 spiro atoms. The van der Waals surface area contributed by atoms with Crippen LogP contribution in [-0.2, 0) is 0 Å². The lowest BCUT2D eigenvalue weighted by molar-refractivity contribution is 0.0667. The maximum absolute atomic E-state index is 12.3. The van der Waals surface area contributed by atoms with E-state index in [-0.39, 0.29) is 11.1 Å². The van der Waals surface area contributed by atoms with Crippen molar-refractivity contribution in [3.05, 3.63) is 63.7 Å². The quantitative estimate of drug-likeness (QED) is 0.691. The smallest absolute Gasteiger partial charge is 0.344 e. The number of aromatic carboxylic acids is 1. The molecule has 0 amide bonds. The molecule has 0 heterocycles. The Labute approximate surface area is 129 Å². The number of carboxylic acid groups (broad SMARTS) is 1. The van der Waals surface area contributed by atoms with Gasteiger partial charge in [0.05, 0.1) is 11.1 Å². The van der Waals surface area contributed by atoms with Gasteiger partial charge in [-0.25, -0.2) is 9.59 Å². The van der Waals surface area contributed by atoms with Crippen LogP contribution in [-0.4, -0.2) is 17.0 Å². The van der Waals surface area contributed by atoms with E-state index in [4.69, 9.17) is 9.84 Å². The Morgan fingerprint density at radius 1 is 0.909 bits per heavy atom. The molecule has 4 heteroatoms. The van der Waals surface area contributed by atoms with Crippen molar-refractivity contribution in [2.45, 2.75) is 27.7 Å². The Kier molecular flexibility index (Phi) is 4.31. The topological polar surface area (TPSA) is 63.6 Å². The van der Waals surface area contributed by atoms with E-state index in [1.54, 1.807) is 18.2 Å². The van der Waals surface area contributed by atoms with Crippen molar-refractivity contribution in [2.24, 2.45) is 0 Å². The van der Waals surface area contributed by atoms with Crippen molar-refractivity contribution in [2.75, 3.05) is 0 Å². The van der Waals surface area contributed by atoms with Crippen LogP contribution >= 0.6 is 0 Å². The van der Waals surface area contributed by atoms with Gasteiger partial charge in [-0.15, -0.1) is 0 Å². The van der Waals surface area contributed by atoms with Crippen LogP contribution in [0.4, 0.5) is 0 Å². The van der Waals surface area contributed by atoms with Crippen molar-refractivity contribution in [1.82, 2.24) is 0 Å². The lowest BCUT2D eigenvalue weighted by atomic mass is 9.99. The molecule has 0 aromatic heterocycles. The van der Waals surface area contributed by atoms with Gasteiger partial charge in [0, 0.05) is 0 Å². The molecule has 0 bridgehead atoms. The van der Waals surface area contributed by atoms with Crippen LogP contribution < -0.4 is 4.74 Å². The van der Waals surface area contributed by atoms with E-state index in [0.717, 1.165) is 22.3 Å². The highest BCUT2D eigenvalue weighted by atomic mass is 16.5. The molecule has 0 aliphatic rings. The number of ether oxygens (including phenoxy) is 1. The van der Waals surface area contributed by atoms with Crippen molar-refractivity contribution in [1.29, 1.82) is 0 Å². The summed E-state index contributed by atoms with van der Waals surface area (Å²) in [5, 5.41) is 9.15. The zero-order chi connectivity index (χ0) is 16.4. The first-order chi connectivity index (χ1) is 10.3. The summed E-state index contributed by atoms with van der Waals surface area (Å²) in [4.78, 5) is 23.5. The number of carbonyl (C=O) groups is 2. The van der Waals surface area contributed by atoms with E-state index in [1.165, 1.54) is 12.1 Å². The summed E-state index contributed by atoms with van der Waals surface area (Å²) in [5.74, 6) is -1.35. The zero-order valence-electron chi connectivity index (χ0n) is 13.1. The minimum atomic E-state index is -1.15. The van der Waals surface area contributed by atoms with Gasteiger partial charge in [0.15, 0.2) is 0 Å². The van der Waals surface area contributed by atoms with Gasteiger partial charge in [0.1, 0.15) is 5.75 Å². The van der Waals surface area contributed by atoms with E-state index in [2.05, 4.69) is 0 Å². The molecule has 114 valence electrons. The minimum absolute atomic E-state index is 0.0466. The second-order valence-electron chi connectivity index (χ2n) is 5.31. The second-order valence-corrected chi connectivity index (χ2v) is 5.31. The SMILES string of the molecule is Cc1cc(OC(=O)c2ccccc2C(=O)O)c(C)c(C)c1C. The highest BCUT2D eigenvalue weighted by Crippen LogP contribution is 2.28. The fraction of sp³-hybridized carbons (Fsp3) is 0.222. The summed E-state index contributed by atoms with van der Waals surface area (Å²) in [5.41, 5.74) is 4.11. The molecule has 0 fully saturated rings. The van der Waals surface area contributed by atoms with Gasteiger partial charge in [-0.1, -0.05) is 12.1 Å². The van der Waals surface area contributed by atoms with Gasteiger partial charge in [-0.3, -0.25) is 0 Å². The van der Waals surface area contributed by atoms with Crippen LogP contribution in [0.5, 0.6) is 5.75 Å². The van der Waals surface area contributed by atoms with E-state index in [1.807, 2.05) is 27.7 Å². The number of aryl methyl sites for hydroxylation is 1. The Morgan fingerprint density at radius 3 is 2.09 bits per heavy atom. The van der Waals surface area contributed by atoms with E-state index >= 15 is 0 Å². The summed E-state index contributed by atoms with van der Waals surface area (Å²) in [6, 6.07) is 7.83. The molecule has 0 saturated carbocycles. The third-order valence-corrected chi connectivity index (χ3v) is 4.01. The Balaban J connectivity index is 2.41. The van der Waals surface area contributed by atoms with Gasteiger partial charge in [-0.2, -0.15) is 0 Å². The number of benzene rings is 2. The van der Waals surface area contributed by atoms with Gasteiger partial charge >= 0.3 is 11.9 Å². The molecular weight excluding hydrogens is 280 g/mol. The average molecular weight is 298 g/mol. The molecule has 4 nitrogen and oxygen atoms in total. The fourth-order valence-electron chi connectivity index (χ4n) is 2.28. The average Bonchev–Trinajstić information content (AvgIpc) is 2.50. The molecule has 0 aliphatic heterocycles. The van der Waals surface area contributed by atoms with Crippen molar-refractivity contribution in [3.8, 4) is 5.75 Å². The van der Waals surface area contributed by atoms with Crippen LogP contribution in [0.3, 0.4) is 0 Å². The molecule has 0 unspecified atom stereocenters. The Morgan fingerprint density at radius 2 is 1.50 bits per heavy atom. The number of carbonyl (C=O) groups excluding carboxylic acids is 1. The molecule has 0 radical (unpaired) electrons. The molecule has 22 heavy (non-hydrogen) atoms. The molecule has 2 aromatic carbocycles. The van der Waals surface area contributed by atoms with Crippen LogP contribution in [0.15, 0.2) is 30.3 Å². The van der Waals surface area contributed by atoms with E-state index in [0.29, 0.717) is 5.75 Å². The van der Waals surface area contributed by atoms with Gasteiger partial charge in [0.25, 0.3) is 0 Å². The lowest BCUT2D eigenvalue weighted by Gasteiger charge is -2.14. The number of rotatable bonds is 3. The number of esters is 1. The Hall–Kier alpha value is -2.62. The number of hydrogen-bond acceptors (Lipinski definition) is 3. The van der Waals surface area contributed by atoms with Crippen LogP contribution in [0.25, 0.3) is 0 Å². The predicted octanol–water partition coefficient (Wildman–Crippen LogP) is 3.84. The molecule has 0 saturated heterocycles. The first kappa shape index (κ1) is 15.8. The summed E-state index contributed by atoms with van der Waals surface area (Å²) in [6.07, 6.45) is 0. The molecule has 1 N–H and O–H groups in total. The summed E-state index contributed by atoms with van der Waals surface area (Å²) < 4.78 is 5.44. The third kappa shape index (κ3) is 2.86. The largest absolute Gasteiger partial charge is 0.478 e. The molecular formula is C18H18O4. The van der Waals surface area contributed by atoms with Crippen molar-refractivity contribution in [3.63, 3.8) is 0 Å². The standard InChI is InChI=1S/C18H18O4/c1-10-9-16(13(4)12(3)11(10)2)22-18(21)15-8-6-5-7-14(15)17(19)20/h5-9H,1-4H3,(H,19,20). The summed E-state index contributed by atoms with van der Waals surface area (Å²) in [7, 11) is 0. The van der Waals surface area contributed by atoms with Crippen molar-refractivity contribution < 1.29 is 19.4 Å². The third-order valence-electron chi connectivity index (χ3n) is 4.01. The normalized spacial score (nSPS) is 10.4.